The Kier molecular flexibility index (Phi) is 7.58. The van der Waals surface area contributed by atoms with Gasteiger partial charge in [-0.3, -0.25) is 4.79 Å². The van der Waals surface area contributed by atoms with Crippen LogP contribution < -0.4 is 10.1 Å². The Morgan fingerprint density at radius 3 is 2.52 bits per heavy atom. The molecule has 1 amide bonds. The third kappa shape index (κ3) is 5.62. The van der Waals surface area contributed by atoms with Gasteiger partial charge in [0.15, 0.2) is 0 Å². The van der Waals surface area contributed by atoms with E-state index < -0.39 is 10.0 Å². The van der Waals surface area contributed by atoms with Crippen molar-refractivity contribution in [1.29, 1.82) is 0 Å². The first-order valence-electron chi connectivity index (χ1n) is 8.57. The molecule has 1 aromatic carbocycles. The van der Waals surface area contributed by atoms with Gasteiger partial charge in [-0.2, -0.15) is 4.31 Å². The molecule has 0 atom stereocenters. The fourth-order valence-electron chi connectivity index (χ4n) is 2.70. The Hall–Kier alpha value is -1.25. The average molecular weight is 387 g/mol. The number of ether oxygens (including phenoxy) is 1. The maximum atomic E-state index is 12.9. The van der Waals surface area contributed by atoms with Crippen molar-refractivity contribution in [3.05, 3.63) is 18.2 Å². The number of nitrogens with one attached hydrogen (secondary N) is 1. The molecule has 0 unspecified atom stereocenters. The summed E-state index contributed by atoms with van der Waals surface area (Å²) >= 11 is 1.60. The molecule has 6 nitrogen and oxygen atoms in total. The van der Waals surface area contributed by atoms with E-state index in [2.05, 4.69) is 5.32 Å². The van der Waals surface area contributed by atoms with E-state index in [0.29, 0.717) is 30.5 Å². The second-order valence-electron chi connectivity index (χ2n) is 5.91. The minimum absolute atomic E-state index is 0.189. The van der Waals surface area contributed by atoms with Crippen LogP contribution in [0.2, 0.25) is 0 Å². The number of sulfonamides is 1. The summed E-state index contributed by atoms with van der Waals surface area (Å²) < 4.78 is 33.0. The van der Waals surface area contributed by atoms with Gasteiger partial charge in [-0.1, -0.05) is 19.8 Å². The molecule has 1 aliphatic rings. The quantitative estimate of drug-likeness (QED) is 0.575. The van der Waals surface area contributed by atoms with Crippen molar-refractivity contribution in [2.24, 2.45) is 0 Å². The molecule has 1 aliphatic heterocycles. The van der Waals surface area contributed by atoms with Crippen molar-refractivity contribution in [2.75, 3.05) is 30.1 Å². The van der Waals surface area contributed by atoms with Gasteiger partial charge in [0.05, 0.1) is 10.6 Å². The molecule has 8 heteroatoms. The van der Waals surface area contributed by atoms with E-state index in [-0.39, 0.29) is 10.8 Å². The van der Waals surface area contributed by atoms with E-state index >= 15 is 0 Å². The molecular weight excluding hydrogens is 360 g/mol. The number of carbonyl (C=O) groups excluding carboxylic acids is 1. The molecule has 140 valence electrons. The van der Waals surface area contributed by atoms with Crippen LogP contribution in [0.15, 0.2) is 23.1 Å². The standard InChI is InChI=1S/C17H26N2O4S2/c1-3-24-13-23-17-9-8-15(12-16(17)18-14(2)20)25(21,22)19-10-6-4-5-7-11-19/h8-9,12H,3-7,10-11,13H2,1-2H3,(H,18,20). The van der Waals surface area contributed by atoms with Crippen LogP contribution in [-0.4, -0.2) is 43.4 Å². The van der Waals surface area contributed by atoms with E-state index in [1.807, 2.05) is 6.92 Å². The van der Waals surface area contributed by atoms with E-state index in [9.17, 15) is 13.2 Å². The fraction of sp³-hybridized carbons (Fsp3) is 0.588. The number of anilines is 1. The summed E-state index contributed by atoms with van der Waals surface area (Å²) in [5.74, 6) is 1.57. The number of hydrogen-bond acceptors (Lipinski definition) is 5. The van der Waals surface area contributed by atoms with Gasteiger partial charge in [-0.05, 0) is 36.8 Å². The van der Waals surface area contributed by atoms with Crippen LogP contribution in [0.1, 0.15) is 39.5 Å². The second-order valence-corrected chi connectivity index (χ2v) is 9.07. The molecule has 0 spiro atoms. The largest absolute Gasteiger partial charge is 0.481 e. The highest BCUT2D eigenvalue weighted by Gasteiger charge is 2.26. The van der Waals surface area contributed by atoms with Gasteiger partial charge >= 0.3 is 0 Å². The van der Waals surface area contributed by atoms with Crippen LogP contribution in [0.3, 0.4) is 0 Å². The first-order chi connectivity index (χ1) is 11.9. The molecule has 1 heterocycles. The van der Waals surface area contributed by atoms with Crippen LogP contribution in [0.25, 0.3) is 0 Å². The molecule has 0 saturated carbocycles. The summed E-state index contributed by atoms with van der Waals surface area (Å²) in [4.78, 5) is 11.7. The lowest BCUT2D eigenvalue weighted by atomic mass is 10.2. The molecule has 1 saturated heterocycles. The highest BCUT2D eigenvalue weighted by atomic mass is 32.2. The van der Waals surface area contributed by atoms with E-state index in [0.717, 1.165) is 31.4 Å². The number of amides is 1. The van der Waals surface area contributed by atoms with Crippen molar-refractivity contribution in [1.82, 2.24) is 4.31 Å². The molecule has 0 aromatic heterocycles. The maximum absolute atomic E-state index is 12.9. The van der Waals surface area contributed by atoms with Crippen LogP contribution in [0.4, 0.5) is 5.69 Å². The maximum Gasteiger partial charge on any atom is 0.243 e. The van der Waals surface area contributed by atoms with E-state index in [1.165, 1.54) is 13.0 Å². The molecule has 25 heavy (non-hydrogen) atoms. The minimum atomic E-state index is -3.56. The van der Waals surface area contributed by atoms with Crippen LogP contribution in [-0.2, 0) is 14.8 Å². The van der Waals surface area contributed by atoms with Gasteiger partial charge in [-0.15, -0.1) is 11.8 Å². The molecule has 0 aliphatic carbocycles. The molecule has 0 radical (unpaired) electrons. The highest BCUT2D eigenvalue weighted by molar-refractivity contribution is 7.99. The molecule has 1 aromatic rings. The molecule has 1 N–H and O–H groups in total. The Labute approximate surface area is 154 Å². The first kappa shape index (κ1) is 20.1. The SMILES string of the molecule is CCSCOc1ccc(S(=O)(=O)N2CCCCCC2)cc1NC(C)=O. The lowest BCUT2D eigenvalue weighted by molar-refractivity contribution is -0.114. The Bertz CT molecular complexity index is 684. The summed E-state index contributed by atoms with van der Waals surface area (Å²) in [6, 6.07) is 4.66. The summed E-state index contributed by atoms with van der Waals surface area (Å²) in [5.41, 5.74) is 0.389. The monoisotopic (exact) mass is 386 g/mol. The van der Waals surface area contributed by atoms with Crippen molar-refractivity contribution in [3.63, 3.8) is 0 Å². The summed E-state index contributed by atoms with van der Waals surface area (Å²) in [7, 11) is -3.56. The molecule has 0 bridgehead atoms. The molecular formula is C17H26N2O4S2. The van der Waals surface area contributed by atoms with Gasteiger partial charge < -0.3 is 10.1 Å². The minimum Gasteiger partial charge on any atom is -0.481 e. The van der Waals surface area contributed by atoms with Crippen LogP contribution >= 0.6 is 11.8 Å². The third-order valence-corrected chi connectivity index (χ3v) is 6.55. The van der Waals surface area contributed by atoms with Gasteiger partial charge in [-0.25, -0.2) is 8.42 Å². The zero-order chi connectivity index (χ0) is 18.3. The number of thioether (sulfide) groups is 1. The predicted molar refractivity (Wildman–Crippen MR) is 102 cm³/mol. The topological polar surface area (TPSA) is 75.7 Å². The van der Waals surface area contributed by atoms with Crippen LogP contribution in [0.5, 0.6) is 5.75 Å². The summed E-state index contributed by atoms with van der Waals surface area (Å²) in [6.07, 6.45) is 3.89. The number of hydrogen-bond donors (Lipinski definition) is 1. The van der Waals surface area contributed by atoms with E-state index in [4.69, 9.17) is 4.74 Å². The van der Waals surface area contributed by atoms with Crippen molar-refractivity contribution >= 4 is 33.4 Å². The molecule has 2 rings (SSSR count). The van der Waals surface area contributed by atoms with Crippen molar-refractivity contribution in [2.45, 2.75) is 44.4 Å². The number of nitrogens with zero attached hydrogens (tertiary/aromatic N) is 1. The normalized spacial score (nSPS) is 16.2. The Balaban J connectivity index is 2.28. The number of carbonyl (C=O) groups is 1. The smallest absolute Gasteiger partial charge is 0.243 e. The summed E-state index contributed by atoms with van der Waals surface area (Å²) in [5, 5.41) is 2.67. The molecule has 1 fully saturated rings. The number of benzene rings is 1. The van der Waals surface area contributed by atoms with Crippen molar-refractivity contribution in [3.8, 4) is 5.75 Å². The Morgan fingerprint density at radius 2 is 1.92 bits per heavy atom. The van der Waals surface area contributed by atoms with Gasteiger partial charge in [0.25, 0.3) is 0 Å². The van der Waals surface area contributed by atoms with Crippen molar-refractivity contribution < 1.29 is 17.9 Å². The fourth-order valence-corrected chi connectivity index (χ4v) is 4.62. The van der Waals surface area contributed by atoms with Crippen LogP contribution in [0, 0.1) is 0 Å². The summed E-state index contributed by atoms with van der Waals surface area (Å²) in [6.45, 7) is 4.51. The lowest BCUT2D eigenvalue weighted by Crippen LogP contribution is -2.32. The zero-order valence-electron chi connectivity index (χ0n) is 14.8. The van der Waals surface area contributed by atoms with Gasteiger partial charge in [0.2, 0.25) is 15.9 Å². The first-order valence-corrected chi connectivity index (χ1v) is 11.2. The van der Waals surface area contributed by atoms with E-state index in [1.54, 1.807) is 28.2 Å². The second kappa shape index (κ2) is 9.45. The third-order valence-electron chi connectivity index (χ3n) is 3.97. The number of rotatable bonds is 7. The van der Waals surface area contributed by atoms with Gasteiger partial charge in [0.1, 0.15) is 11.7 Å². The van der Waals surface area contributed by atoms with Gasteiger partial charge in [0, 0.05) is 20.0 Å². The lowest BCUT2D eigenvalue weighted by Gasteiger charge is -2.21. The highest BCUT2D eigenvalue weighted by Crippen LogP contribution is 2.30. The predicted octanol–water partition coefficient (Wildman–Crippen LogP) is 3.30. The zero-order valence-corrected chi connectivity index (χ0v) is 16.4. The average Bonchev–Trinajstić information content (AvgIpc) is 2.85. The Morgan fingerprint density at radius 1 is 1.24 bits per heavy atom.